The van der Waals surface area contributed by atoms with Gasteiger partial charge in [-0.25, -0.2) is 0 Å². The predicted octanol–water partition coefficient (Wildman–Crippen LogP) is 4.24. The van der Waals surface area contributed by atoms with Crippen LogP contribution in [0.3, 0.4) is 0 Å². The van der Waals surface area contributed by atoms with Crippen molar-refractivity contribution < 1.29 is 9.84 Å². The molecule has 3 nitrogen and oxygen atoms in total. The summed E-state index contributed by atoms with van der Waals surface area (Å²) in [6, 6.07) is 30.7. The highest BCUT2D eigenvalue weighted by Gasteiger charge is 2.13. The fourth-order valence-electron chi connectivity index (χ4n) is 3.18. The second-order valence-corrected chi connectivity index (χ2v) is 6.64. The molecule has 0 radical (unpaired) electrons. The van der Waals surface area contributed by atoms with Crippen molar-refractivity contribution in [1.29, 1.82) is 0 Å². The number of nitrogens with one attached hydrogen (secondary N) is 1. The van der Waals surface area contributed by atoms with E-state index in [1.165, 1.54) is 11.1 Å². The van der Waals surface area contributed by atoms with E-state index in [0.717, 1.165) is 18.7 Å². The van der Waals surface area contributed by atoms with E-state index >= 15 is 0 Å². The highest BCUT2D eigenvalue weighted by atomic mass is 16.5. The van der Waals surface area contributed by atoms with Crippen LogP contribution in [0.5, 0.6) is 5.75 Å². The molecular formula is C24H27NO2. The Hall–Kier alpha value is -2.62. The van der Waals surface area contributed by atoms with Crippen molar-refractivity contribution in [2.45, 2.75) is 18.4 Å². The molecule has 3 heteroatoms. The Kier molecular flexibility index (Phi) is 7.45. The van der Waals surface area contributed by atoms with Crippen LogP contribution in [-0.4, -0.2) is 30.9 Å². The second kappa shape index (κ2) is 10.5. The van der Waals surface area contributed by atoms with Gasteiger partial charge in [-0.2, -0.15) is 0 Å². The van der Waals surface area contributed by atoms with Gasteiger partial charge in [0.1, 0.15) is 18.5 Å². The normalized spacial score (nSPS) is 12.1. The van der Waals surface area contributed by atoms with Gasteiger partial charge in [0.2, 0.25) is 0 Å². The molecule has 0 saturated carbocycles. The largest absolute Gasteiger partial charge is 0.491 e. The van der Waals surface area contributed by atoms with Crippen LogP contribution >= 0.6 is 0 Å². The number of aliphatic hydroxyl groups is 1. The Bertz CT molecular complexity index is 723. The first-order chi connectivity index (χ1) is 13.3. The molecule has 0 unspecified atom stereocenters. The fourth-order valence-corrected chi connectivity index (χ4v) is 3.18. The Balaban J connectivity index is 1.46. The second-order valence-electron chi connectivity index (χ2n) is 6.64. The average molecular weight is 361 g/mol. The molecule has 3 aromatic carbocycles. The van der Waals surface area contributed by atoms with Gasteiger partial charge in [0, 0.05) is 12.5 Å². The standard InChI is InChI=1S/C24H27NO2/c26-22(19-27-23-14-8-3-9-15-23)18-25-17-16-24(20-10-4-1-5-11-20)21-12-6-2-7-13-21/h1-15,22,24-26H,16-19H2/t22-/m0/s1. The van der Waals surface area contributed by atoms with Gasteiger partial charge in [0.25, 0.3) is 0 Å². The van der Waals surface area contributed by atoms with E-state index in [9.17, 15) is 5.11 Å². The van der Waals surface area contributed by atoms with Crippen LogP contribution in [0.1, 0.15) is 23.5 Å². The van der Waals surface area contributed by atoms with Gasteiger partial charge in [-0.1, -0.05) is 78.9 Å². The van der Waals surface area contributed by atoms with Crippen LogP contribution in [0, 0.1) is 0 Å². The molecule has 140 valence electrons. The third-order valence-corrected chi connectivity index (χ3v) is 4.58. The van der Waals surface area contributed by atoms with E-state index < -0.39 is 6.10 Å². The Morgan fingerprint density at radius 3 is 1.81 bits per heavy atom. The van der Waals surface area contributed by atoms with Crippen molar-refractivity contribution in [2.75, 3.05) is 19.7 Å². The van der Waals surface area contributed by atoms with Crippen molar-refractivity contribution in [3.05, 3.63) is 102 Å². The van der Waals surface area contributed by atoms with Gasteiger partial charge < -0.3 is 15.2 Å². The molecule has 0 fully saturated rings. The van der Waals surface area contributed by atoms with E-state index in [0.29, 0.717) is 12.5 Å². The number of hydrogen-bond donors (Lipinski definition) is 2. The zero-order valence-corrected chi connectivity index (χ0v) is 15.5. The van der Waals surface area contributed by atoms with Crippen molar-refractivity contribution >= 4 is 0 Å². The molecule has 3 rings (SSSR count). The predicted molar refractivity (Wildman–Crippen MR) is 110 cm³/mol. The third-order valence-electron chi connectivity index (χ3n) is 4.58. The molecule has 0 aliphatic carbocycles. The Labute approximate surface area is 161 Å². The maximum atomic E-state index is 10.1. The average Bonchev–Trinajstić information content (AvgIpc) is 2.74. The Morgan fingerprint density at radius 1 is 0.741 bits per heavy atom. The lowest BCUT2D eigenvalue weighted by molar-refractivity contribution is 0.106. The summed E-state index contributed by atoms with van der Waals surface area (Å²) >= 11 is 0. The molecule has 0 aliphatic rings. The summed E-state index contributed by atoms with van der Waals surface area (Å²) in [4.78, 5) is 0. The van der Waals surface area contributed by atoms with Crippen LogP contribution in [0.2, 0.25) is 0 Å². The summed E-state index contributed by atoms with van der Waals surface area (Å²) in [6.07, 6.45) is 0.442. The van der Waals surface area contributed by atoms with Crippen LogP contribution in [0.15, 0.2) is 91.0 Å². The number of ether oxygens (including phenoxy) is 1. The first-order valence-electron chi connectivity index (χ1n) is 9.49. The zero-order valence-electron chi connectivity index (χ0n) is 15.5. The van der Waals surface area contributed by atoms with Crippen LogP contribution in [0.25, 0.3) is 0 Å². The smallest absolute Gasteiger partial charge is 0.119 e. The third kappa shape index (κ3) is 6.24. The number of benzene rings is 3. The zero-order chi connectivity index (χ0) is 18.7. The topological polar surface area (TPSA) is 41.5 Å². The molecule has 0 amide bonds. The quantitative estimate of drug-likeness (QED) is 0.531. The van der Waals surface area contributed by atoms with Gasteiger partial charge in [-0.3, -0.25) is 0 Å². The minimum Gasteiger partial charge on any atom is -0.491 e. The van der Waals surface area contributed by atoms with Gasteiger partial charge in [-0.15, -0.1) is 0 Å². The highest BCUT2D eigenvalue weighted by molar-refractivity contribution is 5.32. The first-order valence-corrected chi connectivity index (χ1v) is 9.49. The minimum atomic E-state index is -0.530. The van der Waals surface area contributed by atoms with Crippen molar-refractivity contribution in [2.24, 2.45) is 0 Å². The van der Waals surface area contributed by atoms with E-state index in [2.05, 4.69) is 53.8 Å². The van der Waals surface area contributed by atoms with Crippen LogP contribution in [-0.2, 0) is 0 Å². The summed E-state index contributed by atoms with van der Waals surface area (Å²) < 4.78 is 5.59. The molecular weight excluding hydrogens is 334 g/mol. The maximum Gasteiger partial charge on any atom is 0.119 e. The highest BCUT2D eigenvalue weighted by Crippen LogP contribution is 2.27. The van der Waals surface area contributed by atoms with Crippen LogP contribution < -0.4 is 10.1 Å². The number of rotatable bonds is 10. The summed E-state index contributed by atoms with van der Waals surface area (Å²) in [6.45, 7) is 1.64. The maximum absolute atomic E-state index is 10.1. The SMILES string of the molecule is O[C@@H](CNCCC(c1ccccc1)c1ccccc1)COc1ccccc1. The van der Waals surface area contributed by atoms with Crippen molar-refractivity contribution in [3.8, 4) is 5.75 Å². The monoisotopic (exact) mass is 361 g/mol. The van der Waals surface area contributed by atoms with Gasteiger partial charge >= 0.3 is 0 Å². The summed E-state index contributed by atoms with van der Waals surface area (Å²) in [5.41, 5.74) is 2.64. The number of hydrogen-bond acceptors (Lipinski definition) is 3. The lowest BCUT2D eigenvalue weighted by atomic mass is 9.88. The molecule has 0 bridgehead atoms. The number of aliphatic hydroxyl groups excluding tert-OH is 1. The van der Waals surface area contributed by atoms with Gasteiger partial charge in [-0.05, 0) is 36.2 Å². The van der Waals surface area contributed by atoms with E-state index in [1.54, 1.807) is 0 Å². The lowest BCUT2D eigenvalue weighted by Gasteiger charge is -2.19. The van der Waals surface area contributed by atoms with Gasteiger partial charge in [0.15, 0.2) is 0 Å². The molecule has 3 aromatic rings. The van der Waals surface area contributed by atoms with E-state index in [-0.39, 0.29) is 6.61 Å². The van der Waals surface area contributed by atoms with E-state index in [4.69, 9.17) is 4.74 Å². The first kappa shape index (κ1) is 19.2. The van der Waals surface area contributed by atoms with E-state index in [1.807, 2.05) is 42.5 Å². The van der Waals surface area contributed by atoms with Gasteiger partial charge in [0.05, 0.1) is 0 Å². The molecule has 0 saturated heterocycles. The molecule has 2 N–H and O–H groups in total. The molecule has 0 spiro atoms. The van der Waals surface area contributed by atoms with Crippen LogP contribution in [0.4, 0.5) is 0 Å². The fraction of sp³-hybridized carbons (Fsp3) is 0.250. The molecule has 1 atom stereocenters. The van der Waals surface area contributed by atoms with Crippen molar-refractivity contribution in [1.82, 2.24) is 5.32 Å². The Morgan fingerprint density at radius 2 is 1.26 bits per heavy atom. The lowest BCUT2D eigenvalue weighted by Crippen LogP contribution is -2.32. The molecule has 0 aliphatic heterocycles. The molecule has 27 heavy (non-hydrogen) atoms. The van der Waals surface area contributed by atoms with Crippen molar-refractivity contribution in [3.63, 3.8) is 0 Å². The molecule has 0 aromatic heterocycles. The summed E-state index contributed by atoms with van der Waals surface area (Å²) in [5.74, 6) is 1.13. The molecule has 0 heterocycles. The minimum absolute atomic E-state index is 0.289. The summed E-state index contributed by atoms with van der Waals surface area (Å²) in [7, 11) is 0. The number of para-hydroxylation sites is 1. The summed E-state index contributed by atoms with van der Waals surface area (Å²) in [5, 5.41) is 13.5.